The first kappa shape index (κ1) is 13.6. The van der Waals surface area contributed by atoms with E-state index in [0.29, 0.717) is 17.7 Å². The molecule has 0 bridgehead atoms. The van der Waals surface area contributed by atoms with Gasteiger partial charge in [0.05, 0.1) is 0 Å². The lowest BCUT2D eigenvalue weighted by atomic mass is 10.1. The highest BCUT2D eigenvalue weighted by atomic mass is 16.5. The van der Waals surface area contributed by atoms with Crippen molar-refractivity contribution in [2.45, 2.75) is 46.0 Å². The van der Waals surface area contributed by atoms with Crippen molar-refractivity contribution in [3.63, 3.8) is 0 Å². The zero-order valence-electron chi connectivity index (χ0n) is 10.5. The molecule has 0 spiro atoms. The number of phenolic OH excluding ortho intramolecular Hbond substituents is 1. The third-order valence-corrected chi connectivity index (χ3v) is 2.71. The Kier molecular flexibility index (Phi) is 5.53. The highest BCUT2D eigenvalue weighted by Crippen LogP contribution is 2.26. The fraction of sp³-hybridized carbons (Fsp3) is 0.500. The quantitative estimate of drug-likeness (QED) is 0.466. The Morgan fingerprint density at radius 2 is 2.06 bits per heavy atom. The molecule has 0 aliphatic carbocycles. The number of carbonyl (C=O) groups excluding carboxylic acids is 1. The van der Waals surface area contributed by atoms with E-state index in [9.17, 15) is 9.90 Å². The predicted molar refractivity (Wildman–Crippen MR) is 67.2 cm³/mol. The maximum atomic E-state index is 11.5. The van der Waals surface area contributed by atoms with Crippen molar-refractivity contribution in [2.24, 2.45) is 0 Å². The van der Waals surface area contributed by atoms with Gasteiger partial charge in [0.25, 0.3) is 0 Å². The summed E-state index contributed by atoms with van der Waals surface area (Å²) in [6, 6.07) is 4.94. The molecule has 94 valence electrons. The van der Waals surface area contributed by atoms with Crippen molar-refractivity contribution in [1.82, 2.24) is 0 Å². The Bertz CT molecular complexity index is 372. The summed E-state index contributed by atoms with van der Waals surface area (Å²) in [5, 5.41) is 9.47. The molecule has 1 N–H and O–H groups in total. The molecule has 0 unspecified atom stereocenters. The molecule has 1 aromatic carbocycles. The Balaban J connectivity index is 2.43. The molecule has 0 aliphatic heterocycles. The van der Waals surface area contributed by atoms with Gasteiger partial charge < -0.3 is 9.84 Å². The molecular formula is C14H20O3. The molecule has 0 saturated carbocycles. The van der Waals surface area contributed by atoms with Crippen LogP contribution in [0, 0.1) is 6.92 Å². The number of esters is 1. The van der Waals surface area contributed by atoms with E-state index in [2.05, 4.69) is 6.92 Å². The third-order valence-electron chi connectivity index (χ3n) is 2.71. The molecular weight excluding hydrogens is 216 g/mol. The first-order valence-electron chi connectivity index (χ1n) is 6.14. The van der Waals surface area contributed by atoms with Crippen LogP contribution < -0.4 is 4.74 Å². The predicted octanol–water partition coefficient (Wildman–Crippen LogP) is 3.58. The number of phenols is 1. The average Bonchev–Trinajstić information content (AvgIpc) is 2.31. The van der Waals surface area contributed by atoms with Crippen LogP contribution in [0.5, 0.6) is 11.5 Å². The zero-order chi connectivity index (χ0) is 12.7. The number of carbonyl (C=O) groups is 1. The van der Waals surface area contributed by atoms with E-state index in [1.54, 1.807) is 25.1 Å². The van der Waals surface area contributed by atoms with Gasteiger partial charge in [-0.2, -0.15) is 0 Å². The number of rotatable bonds is 6. The van der Waals surface area contributed by atoms with E-state index >= 15 is 0 Å². The average molecular weight is 236 g/mol. The Labute approximate surface area is 102 Å². The first-order chi connectivity index (χ1) is 8.15. The summed E-state index contributed by atoms with van der Waals surface area (Å²) in [7, 11) is 0. The van der Waals surface area contributed by atoms with E-state index in [1.807, 2.05) is 0 Å². The van der Waals surface area contributed by atoms with E-state index in [-0.39, 0.29) is 11.7 Å². The molecule has 1 rings (SSSR count). The van der Waals surface area contributed by atoms with Crippen molar-refractivity contribution in [2.75, 3.05) is 0 Å². The van der Waals surface area contributed by atoms with E-state index in [0.717, 1.165) is 25.7 Å². The van der Waals surface area contributed by atoms with Crippen molar-refractivity contribution < 1.29 is 14.6 Å². The maximum Gasteiger partial charge on any atom is 0.311 e. The van der Waals surface area contributed by atoms with Crippen molar-refractivity contribution in [3.05, 3.63) is 23.8 Å². The molecule has 17 heavy (non-hydrogen) atoms. The van der Waals surface area contributed by atoms with Crippen LogP contribution in [-0.2, 0) is 4.79 Å². The number of hydrogen-bond acceptors (Lipinski definition) is 3. The topological polar surface area (TPSA) is 46.5 Å². The van der Waals surface area contributed by atoms with Gasteiger partial charge in [0.15, 0.2) is 0 Å². The maximum absolute atomic E-state index is 11.5. The minimum absolute atomic E-state index is 0.154. The second-order valence-electron chi connectivity index (χ2n) is 4.19. The SMILES string of the molecule is CCCCCCC(=O)Oc1cccc(O)c1C. The van der Waals surface area contributed by atoms with Gasteiger partial charge in [-0.15, -0.1) is 0 Å². The van der Waals surface area contributed by atoms with Crippen LogP contribution in [0.2, 0.25) is 0 Å². The monoisotopic (exact) mass is 236 g/mol. The third kappa shape index (κ3) is 4.47. The lowest BCUT2D eigenvalue weighted by Crippen LogP contribution is -2.08. The van der Waals surface area contributed by atoms with Gasteiger partial charge in [0, 0.05) is 12.0 Å². The summed E-state index contributed by atoms with van der Waals surface area (Å²) in [4.78, 5) is 11.5. The second-order valence-corrected chi connectivity index (χ2v) is 4.19. The van der Waals surface area contributed by atoms with Gasteiger partial charge in [0.2, 0.25) is 0 Å². The van der Waals surface area contributed by atoms with Crippen LogP contribution in [-0.4, -0.2) is 11.1 Å². The molecule has 0 amide bonds. The molecule has 0 heterocycles. The van der Waals surface area contributed by atoms with Gasteiger partial charge >= 0.3 is 5.97 Å². The van der Waals surface area contributed by atoms with Gasteiger partial charge in [-0.25, -0.2) is 0 Å². The van der Waals surface area contributed by atoms with Crippen LogP contribution in [0.1, 0.15) is 44.6 Å². The summed E-state index contributed by atoms with van der Waals surface area (Å²) in [5.41, 5.74) is 0.606. The van der Waals surface area contributed by atoms with Crippen molar-refractivity contribution >= 4 is 5.97 Å². The molecule has 0 fully saturated rings. The van der Waals surface area contributed by atoms with E-state index in [1.165, 1.54) is 0 Å². The Morgan fingerprint density at radius 1 is 1.29 bits per heavy atom. The minimum atomic E-state index is -0.227. The molecule has 3 heteroatoms. The Morgan fingerprint density at radius 3 is 2.76 bits per heavy atom. The first-order valence-corrected chi connectivity index (χ1v) is 6.14. The van der Waals surface area contributed by atoms with Gasteiger partial charge in [-0.3, -0.25) is 4.79 Å². The summed E-state index contributed by atoms with van der Waals surface area (Å²) < 4.78 is 5.21. The largest absolute Gasteiger partial charge is 0.508 e. The van der Waals surface area contributed by atoms with Crippen molar-refractivity contribution in [1.29, 1.82) is 0 Å². The minimum Gasteiger partial charge on any atom is -0.508 e. The summed E-state index contributed by atoms with van der Waals surface area (Å²) in [6.07, 6.45) is 4.67. The number of ether oxygens (including phenoxy) is 1. The molecule has 0 aliphatic rings. The van der Waals surface area contributed by atoms with Crippen LogP contribution in [0.15, 0.2) is 18.2 Å². The smallest absolute Gasteiger partial charge is 0.311 e. The molecule has 0 aromatic heterocycles. The van der Waals surface area contributed by atoms with Crippen LogP contribution >= 0.6 is 0 Å². The summed E-state index contributed by atoms with van der Waals surface area (Å²) >= 11 is 0. The Hall–Kier alpha value is -1.51. The number of unbranched alkanes of at least 4 members (excludes halogenated alkanes) is 3. The van der Waals surface area contributed by atoms with Gasteiger partial charge in [-0.1, -0.05) is 32.3 Å². The lowest BCUT2D eigenvalue weighted by Gasteiger charge is -2.08. The standard InChI is InChI=1S/C14H20O3/c1-3-4-5-6-10-14(16)17-13-9-7-8-12(15)11(13)2/h7-9,15H,3-6,10H2,1-2H3. The van der Waals surface area contributed by atoms with Crippen LogP contribution in [0.3, 0.4) is 0 Å². The number of aromatic hydroxyl groups is 1. The van der Waals surface area contributed by atoms with Gasteiger partial charge in [0.1, 0.15) is 11.5 Å². The van der Waals surface area contributed by atoms with Crippen molar-refractivity contribution in [3.8, 4) is 11.5 Å². The fourth-order valence-corrected chi connectivity index (χ4v) is 1.58. The normalized spacial score (nSPS) is 10.2. The molecule has 3 nitrogen and oxygen atoms in total. The van der Waals surface area contributed by atoms with E-state index in [4.69, 9.17) is 4.74 Å². The zero-order valence-corrected chi connectivity index (χ0v) is 10.5. The number of benzene rings is 1. The molecule has 0 saturated heterocycles. The number of hydrogen-bond donors (Lipinski definition) is 1. The summed E-state index contributed by atoms with van der Waals surface area (Å²) in [6.45, 7) is 3.86. The molecule has 0 atom stereocenters. The van der Waals surface area contributed by atoms with Crippen LogP contribution in [0.4, 0.5) is 0 Å². The summed E-state index contributed by atoms with van der Waals surface area (Å²) in [5.74, 6) is 0.376. The molecule has 1 aromatic rings. The molecule has 0 radical (unpaired) electrons. The second kappa shape index (κ2) is 6.94. The van der Waals surface area contributed by atoms with E-state index < -0.39 is 0 Å². The highest BCUT2D eigenvalue weighted by molar-refractivity contribution is 5.73. The highest BCUT2D eigenvalue weighted by Gasteiger charge is 2.08. The van der Waals surface area contributed by atoms with Crippen LogP contribution in [0.25, 0.3) is 0 Å². The van der Waals surface area contributed by atoms with Gasteiger partial charge in [-0.05, 0) is 25.5 Å². The fourth-order valence-electron chi connectivity index (χ4n) is 1.58. The lowest BCUT2D eigenvalue weighted by molar-refractivity contribution is -0.134.